The third kappa shape index (κ3) is 4.31. The van der Waals surface area contributed by atoms with E-state index in [4.69, 9.17) is 9.47 Å². The topological polar surface area (TPSA) is 201 Å². The normalized spacial score (nSPS) is 23.1. The van der Waals surface area contributed by atoms with E-state index in [0.29, 0.717) is 16.7 Å². The van der Waals surface area contributed by atoms with Crippen molar-refractivity contribution in [2.75, 3.05) is 0 Å². The van der Waals surface area contributed by atoms with Gasteiger partial charge in [-0.1, -0.05) is 18.2 Å². The summed E-state index contributed by atoms with van der Waals surface area (Å²) in [6.07, 6.45) is -4.77. The molecule has 6 rings (SSSR count). The monoisotopic (exact) mass is 562 g/mol. The summed E-state index contributed by atoms with van der Waals surface area (Å²) in [6.45, 7) is 0. The van der Waals surface area contributed by atoms with Gasteiger partial charge in [0.25, 0.3) is 0 Å². The standard InChI is InChI=1S/C30H26O11/c31-16-4-1-12(7-20(16)35)25-26-24(40-29(27(25)39)14-3-6-18(33)22(37)9-14)11-19(34)15-10-23(38)28(41-30(15)26)13-2-5-17(32)21(36)8-13/h1-9,11,23,25,27-29,31-39H,10H2/t23-,25-,27-,28+,29-/m0/s1. The van der Waals surface area contributed by atoms with E-state index in [-0.39, 0.29) is 52.0 Å². The Labute approximate surface area is 232 Å². The molecule has 2 heterocycles. The number of hydrogen-bond donors (Lipinski definition) is 9. The lowest BCUT2D eigenvalue weighted by Crippen LogP contribution is -2.37. The molecule has 4 aromatic rings. The molecular formula is C30H26O11. The van der Waals surface area contributed by atoms with E-state index in [1.165, 1.54) is 60.7 Å². The minimum Gasteiger partial charge on any atom is -0.507 e. The number of aromatic hydroxyl groups is 7. The van der Waals surface area contributed by atoms with Crippen LogP contribution in [-0.4, -0.2) is 58.2 Å². The summed E-state index contributed by atoms with van der Waals surface area (Å²) in [7, 11) is 0. The minimum absolute atomic E-state index is 0.0698. The second-order valence-corrected chi connectivity index (χ2v) is 10.2. The summed E-state index contributed by atoms with van der Waals surface area (Å²) in [4.78, 5) is 0. The molecule has 11 nitrogen and oxygen atoms in total. The Bertz CT molecular complexity index is 1670. The molecule has 0 bridgehead atoms. The van der Waals surface area contributed by atoms with E-state index in [2.05, 4.69) is 0 Å². The Morgan fingerprint density at radius 2 is 1.05 bits per heavy atom. The van der Waals surface area contributed by atoms with Gasteiger partial charge in [-0.15, -0.1) is 0 Å². The molecular weight excluding hydrogens is 536 g/mol. The third-order valence-corrected chi connectivity index (χ3v) is 7.60. The maximum atomic E-state index is 11.7. The van der Waals surface area contributed by atoms with Crippen molar-refractivity contribution in [2.45, 2.75) is 36.8 Å². The number of hydrogen-bond acceptors (Lipinski definition) is 11. The summed E-state index contributed by atoms with van der Waals surface area (Å²) in [5.41, 5.74) is 1.52. The van der Waals surface area contributed by atoms with Gasteiger partial charge in [-0.2, -0.15) is 0 Å². The first-order chi connectivity index (χ1) is 19.5. The fourth-order valence-electron chi connectivity index (χ4n) is 5.57. The number of rotatable bonds is 3. The van der Waals surface area contributed by atoms with Crippen LogP contribution in [0.4, 0.5) is 0 Å². The van der Waals surface area contributed by atoms with E-state index in [9.17, 15) is 46.0 Å². The second-order valence-electron chi connectivity index (χ2n) is 10.2. The fourth-order valence-corrected chi connectivity index (χ4v) is 5.57. The molecule has 2 aliphatic rings. The number of aliphatic hydroxyl groups is 2. The summed E-state index contributed by atoms with van der Waals surface area (Å²) >= 11 is 0. The lowest BCUT2D eigenvalue weighted by Gasteiger charge is -2.41. The summed E-state index contributed by atoms with van der Waals surface area (Å²) in [5, 5.41) is 93.5. The Balaban J connectivity index is 1.54. The van der Waals surface area contributed by atoms with Gasteiger partial charge in [0, 0.05) is 29.5 Å². The van der Waals surface area contributed by atoms with E-state index in [1.807, 2.05) is 0 Å². The smallest absolute Gasteiger partial charge is 0.157 e. The highest BCUT2D eigenvalue weighted by atomic mass is 16.5. The number of aliphatic hydroxyl groups excluding tert-OH is 2. The first kappa shape index (κ1) is 26.2. The predicted octanol–water partition coefficient (Wildman–Crippen LogP) is 3.29. The van der Waals surface area contributed by atoms with E-state index >= 15 is 0 Å². The van der Waals surface area contributed by atoms with Gasteiger partial charge < -0.3 is 55.4 Å². The molecule has 212 valence electrons. The number of benzene rings is 4. The highest BCUT2D eigenvalue weighted by Crippen LogP contribution is 2.56. The van der Waals surface area contributed by atoms with Crippen LogP contribution in [0.5, 0.6) is 51.7 Å². The van der Waals surface area contributed by atoms with Crippen molar-refractivity contribution >= 4 is 0 Å². The first-order valence-electron chi connectivity index (χ1n) is 12.7. The van der Waals surface area contributed by atoms with Crippen LogP contribution in [-0.2, 0) is 6.42 Å². The zero-order valence-electron chi connectivity index (χ0n) is 21.2. The number of phenols is 7. The van der Waals surface area contributed by atoms with Crippen molar-refractivity contribution in [3.63, 3.8) is 0 Å². The van der Waals surface area contributed by atoms with Crippen LogP contribution in [0.3, 0.4) is 0 Å². The molecule has 4 aromatic carbocycles. The molecule has 0 fully saturated rings. The Hall–Kier alpha value is -5.00. The van der Waals surface area contributed by atoms with Gasteiger partial charge in [0.15, 0.2) is 40.6 Å². The third-order valence-electron chi connectivity index (χ3n) is 7.60. The second kappa shape index (κ2) is 9.58. The molecule has 5 atom stereocenters. The summed E-state index contributed by atoms with van der Waals surface area (Å²) < 4.78 is 12.4. The van der Waals surface area contributed by atoms with Gasteiger partial charge in [0.05, 0.1) is 6.10 Å². The number of fused-ring (bicyclic) bond motifs is 3. The quantitative estimate of drug-likeness (QED) is 0.166. The van der Waals surface area contributed by atoms with Gasteiger partial charge in [-0.05, 0) is 53.1 Å². The zero-order chi connectivity index (χ0) is 29.2. The summed E-state index contributed by atoms with van der Waals surface area (Å²) in [6, 6.07) is 13.2. The van der Waals surface area contributed by atoms with Gasteiger partial charge in [-0.25, -0.2) is 0 Å². The van der Waals surface area contributed by atoms with Crippen LogP contribution < -0.4 is 9.47 Å². The number of phenolic OH excluding ortho intramolecular Hbond substituents is 7. The Morgan fingerprint density at radius 3 is 1.61 bits per heavy atom. The maximum absolute atomic E-state index is 11.7. The molecule has 0 amide bonds. The van der Waals surface area contributed by atoms with Crippen molar-refractivity contribution in [2.24, 2.45) is 0 Å². The van der Waals surface area contributed by atoms with Gasteiger partial charge in [0.1, 0.15) is 29.5 Å². The van der Waals surface area contributed by atoms with Crippen LogP contribution in [0.1, 0.15) is 45.9 Å². The van der Waals surface area contributed by atoms with Crippen LogP contribution >= 0.6 is 0 Å². The molecule has 0 aliphatic carbocycles. The molecule has 2 aliphatic heterocycles. The molecule has 0 aromatic heterocycles. The lowest BCUT2D eigenvalue weighted by atomic mass is 9.78. The molecule has 0 saturated carbocycles. The van der Waals surface area contributed by atoms with E-state index < -0.39 is 47.6 Å². The Kier molecular flexibility index (Phi) is 6.13. The average molecular weight is 563 g/mol. The van der Waals surface area contributed by atoms with Crippen LogP contribution in [0, 0.1) is 0 Å². The molecule has 0 spiro atoms. The van der Waals surface area contributed by atoms with Gasteiger partial charge in [0.2, 0.25) is 0 Å². The number of ether oxygens (including phenoxy) is 2. The van der Waals surface area contributed by atoms with Crippen molar-refractivity contribution in [3.05, 3.63) is 88.5 Å². The predicted molar refractivity (Wildman–Crippen MR) is 142 cm³/mol. The molecule has 0 unspecified atom stereocenters. The Morgan fingerprint density at radius 1 is 0.537 bits per heavy atom. The molecule has 0 saturated heterocycles. The van der Waals surface area contributed by atoms with Crippen molar-refractivity contribution < 1.29 is 55.4 Å². The van der Waals surface area contributed by atoms with E-state index in [0.717, 1.165) is 0 Å². The fraction of sp³-hybridized carbons (Fsp3) is 0.200. The zero-order valence-corrected chi connectivity index (χ0v) is 21.2. The minimum atomic E-state index is -1.38. The highest BCUT2D eigenvalue weighted by molar-refractivity contribution is 5.64. The van der Waals surface area contributed by atoms with Crippen molar-refractivity contribution in [1.82, 2.24) is 0 Å². The van der Waals surface area contributed by atoms with Gasteiger partial charge in [-0.3, -0.25) is 0 Å². The molecule has 0 radical (unpaired) electrons. The SMILES string of the molecule is Oc1ccc([C@H]2c3c(cc(O)c4c3O[C@H](c3ccc(O)c(O)c3)[C@@H](O)C4)O[C@@H](c3ccc(O)c(O)c3)[C@H]2O)cc1O. The van der Waals surface area contributed by atoms with Gasteiger partial charge >= 0.3 is 0 Å². The molecule has 41 heavy (non-hydrogen) atoms. The maximum Gasteiger partial charge on any atom is 0.157 e. The average Bonchev–Trinajstić information content (AvgIpc) is 2.93. The van der Waals surface area contributed by atoms with Crippen molar-refractivity contribution in [1.29, 1.82) is 0 Å². The highest BCUT2D eigenvalue weighted by Gasteiger charge is 2.45. The van der Waals surface area contributed by atoms with Crippen molar-refractivity contribution in [3.8, 4) is 51.7 Å². The first-order valence-corrected chi connectivity index (χ1v) is 12.7. The van der Waals surface area contributed by atoms with Crippen LogP contribution in [0.15, 0.2) is 60.7 Å². The lowest BCUT2D eigenvalue weighted by molar-refractivity contribution is -0.00215. The largest absolute Gasteiger partial charge is 0.507 e. The molecule has 11 heteroatoms. The van der Waals surface area contributed by atoms with Crippen LogP contribution in [0.25, 0.3) is 0 Å². The summed E-state index contributed by atoms with van der Waals surface area (Å²) in [5.74, 6) is -3.43. The molecule has 9 N–H and O–H groups in total. The van der Waals surface area contributed by atoms with E-state index in [1.54, 1.807) is 0 Å². The van der Waals surface area contributed by atoms with Crippen LogP contribution in [0.2, 0.25) is 0 Å².